The number of thiazole rings is 1. The maximum Gasteiger partial charge on any atom is 0.211 e. The second-order valence-corrected chi connectivity index (χ2v) is 5.11. The molecule has 94 valence electrons. The van der Waals surface area contributed by atoms with E-state index in [-0.39, 0.29) is 5.78 Å². The third-order valence-corrected chi connectivity index (χ3v) is 3.91. The predicted molar refractivity (Wildman–Crippen MR) is 77.1 cm³/mol. The summed E-state index contributed by atoms with van der Waals surface area (Å²) in [6.07, 6.45) is 6.30. The molecule has 3 rings (SSSR count). The molecule has 0 spiro atoms. The lowest BCUT2D eigenvalue weighted by molar-refractivity contribution is -0.110. The fourth-order valence-corrected chi connectivity index (χ4v) is 2.76. The van der Waals surface area contributed by atoms with E-state index in [0.29, 0.717) is 5.71 Å². The van der Waals surface area contributed by atoms with Crippen LogP contribution in [-0.2, 0) is 11.8 Å². The van der Waals surface area contributed by atoms with Crippen LogP contribution in [0.15, 0.2) is 58.8 Å². The van der Waals surface area contributed by atoms with Crippen LogP contribution in [-0.4, -0.2) is 16.1 Å². The summed E-state index contributed by atoms with van der Waals surface area (Å²) in [7, 11) is 1.97. The van der Waals surface area contributed by atoms with Gasteiger partial charge in [0.2, 0.25) is 4.80 Å². The van der Waals surface area contributed by atoms with Gasteiger partial charge in [-0.25, -0.2) is 0 Å². The number of carbonyl (C=O) groups excluding carboxylic acids is 1. The van der Waals surface area contributed by atoms with Crippen LogP contribution in [0.3, 0.4) is 0 Å². The molecule has 1 heterocycles. The van der Waals surface area contributed by atoms with Crippen LogP contribution in [0.1, 0.15) is 0 Å². The minimum Gasteiger partial charge on any atom is -0.318 e. The summed E-state index contributed by atoms with van der Waals surface area (Å²) in [5, 5.41) is 8.40. The van der Waals surface area contributed by atoms with Gasteiger partial charge < -0.3 is 4.57 Å². The molecule has 0 bridgehead atoms. The molecule has 0 amide bonds. The highest BCUT2D eigenvalue weighted by molar-refractivity contribution is 7.16. The SMILES string of the molecule is Cn1/c(=N/N=C2C=CC(=O)C=C2)sc2ccccc21. The van der Waals surface area contributed by atoms with E-state index >= 15 is 0 Å². The minimum absolute atomic E-state index is 0.0219. The molecule has 4 nitrogen and oxygen atoms in total. The van der Waals surface area contributed by atoms with E-state index < -0.39 is 0 Å². The average molecular weight is 269 g/mol. The van der Waals surface area contributed by atoms with Crippen LogP contribution in [0, 0.1) is 0 Å². The fourth-order valence-electron chi connectivity index (χ4n) is 1.79. The van der Waals surface area contributed by atoms with Crippen molar-refractivity contribution in [1.29, 1.82) is 0 Å². The summed E-state index contributed by atoms with van der Waals surface area (Å²) < 4.78 is 3.18. The molecule has 0 aliphatic heterocycles. The first-order chi connectivity index (χ1) is 9.24. The van der Waals surface area contributed by atoms with Gasteiger partial charge >= 0.3 is 0 Å². The normalized spacial score (nSPS) is 15.5. The predicted octanol–water partition coefficient (Wildman–Crippen LogP) is 2.19. The van der Waals surface area contributed by atoms with E-state index in [1.54, 1.807) is 23.5 Å². The fraction of sp³-hybridized carbons (Fsp3) is 0.0714. The van der Waals surface area contributed by atoms with Crippen LogP contribution >= 0.6 is 11.3 Å². The summed E-state index contributed by atoms with van der Waals surface area (Å²) >= 11 is 1.59. The first-order valence-electron chi connectivity index (χ1n) is 5.80. The number of ketones is 1. The van der Waals surface area contributed by atoms with Crippen LogP contribution in [0.2, 0.25) is 0 Å². The van der Waals surface area contributed by atoms with Crippen molar-refractivity contribution in [2.75, 3.05) is 0 Å². The number of carbonyl (C=O) groups is 1. The summed E-state index contributed by atoms with van der Waals surface area (Å²) in [4.78, 5) is 11.8. The number of rotatable bonds is 1. The molecule has 0 atom stereocenters. The molecular weight excluding hydrogens is 258 g/mol. The number of nitrogens with zero attached hydrogens (tertiary/aromatic N) is 3. The summed E-state index contributed by atoms with van der Waals surface area (Å²) in [5.74, 6) is -0.0219. The van der Waals surface area contributed by atoms with Gasteiger partial charge in [-0.2, -0.15) is 0 Å². The number of hydrogen-bond donors (Lipinski definition) is 0. The third kappa shape index (κ3) is 2.32. The Morgan fingerprint density at radius 3 is 2.53 bits per heavy atom. The molecule has 2 aromatic rings. The monoisotopic (exact) mass is 269 g/mol. The van der Waals surface area contributed by atoms with Crippen molar-refractivity contribution in [3.63, 3.8) is 0 Å². The van der Waals surface area contributed by atoms with E-state index in [1.165, 1.54) is 16.9 Å². The summed E-state index contributed by atoms with van der Waals surface area (Å²) in [6, 6.07) is 8.12. The Morgan fingerprint density at radius 2 is 1.79 bits per heavy atom. The van der Waals surface area contributed by atoms with Gasteiger partial charge in [0.05, 0.1) is 15.9 Å². The zero-order valence-electron chi connectivity index (χ0n) is 10.3. The van der Waals surface area contributed by atoms with Crippen LogP contribution < -0.4 is 4.80 Å². The van der Waals surface area contributed by atoms with Crippen molar-refractivity contribution >= 4 is 33.0 Å². The molecule has 0 unspecified atom stereocenters. The quantitative estimate of drug-likeness (QED) is 0.578. The van der Waals surface area contributed by atoms with E-state index in [9.17, 15) is 4.79 Å². The van der Waals surface area contributed by atoms with Gasteiger partial charge in [0.25, 0.3) is 0 Å². The average Bonchev–Trinajstić information content (AvgIpc) is 2.76. The lowest BCUT2D eigenvalue weighted by Gasteiger charge is -1.95. The lowest BCUT2D eigenvalue weighted by atomic mass is 10.2. The first kappa shape index (κ1) is 11.8. The molecule has 0 radical (unpaired) electrons. The Kier molecular flexibility index (Phi) is 2.97. The van der Waals surface area contributed by atoms with E-state index in [0.717, 1.165) is 10.3 Å². The number of aryl methyl sites for hydroxylation is 1. The highest BCUT2D eigenvalue weighted by atomic mass is 32.1. The lowest BCUT2D eigenvalue weighted by Crippen LogP contribution is -2.09. The third-order valence-electron chi connectivity index (χ3n) is 2.80. The van der Waals surface area contributed by atoms with E-state index in [4.69, 9.17) is 0 Å². The number of fused-ring (bicyclic) bond motifs is 1. The molecule has 0 saturated carbocycles. The number of aromatic nitrogens is 1. The molecule has 1 aliphatic carbocycles. The zero-order chi connectivity index (χ0) is 13.2. The standard InChI is InChI=1S/C14H11N3OS/c1-17-12-4-2-3-5-13(12)19-14(17)16-15-10-6-8-11(18)9-7-10/h2-9H,1H3/b16-14-. The molecule has 5 heteroatoms. The number of benzene rings is 1. The Balaban J connectivity index is 2.05. The van der Waals surface area contributed by atoms with Crippen molar-refractivity contribution in [2.24, 2.45) is 17.3 Å². The topological polar surface area (TPSA) is 46.7 Å². The van der Waals surface area contributed by atoms with Gasteiger partial charge in [-0.3, -0.25) is 4.79 Å². The van der Waals surface area contributed by atoms with Gasteiger partial charge in [-0.05, 0) is 36.4 Å². The van der Waals surface area contributed by atoms with E-state index in [2.05, 4.69) is 22.3 Å². The maximum absolute atomic E-state index is 11.0. The number of hydrogen-bond acceptors (Lipinski definition) is 4. The molecule has 19 heavy (non-hydrogen) atoms. The Bertz CT molecular complexity index is 787. The molecule has 0 N–H and O–H groups in total. The zero-order valence-corrected chi connectivity index (χ0v) is 11.1. The molecule has 1 aliphatic rings. The number of allylic oxidation sites excluding steroid dienone is 4. The molecule has 0 saturated heterocycles. The van der Waals surface area contributed by atoms with Gasteiger partial charge in [0.15, 0.2) is 5.78 Å². The number of para-hydroxylation sites is 1. The van der Waals surface area contributed by atoms with Crippen molar-refractivity contribution in [3.8, 4) is 0 Å². The highest BCUT2D eigenvalue weighted by Crippen LogP contribution is 2.15. The first-order valence-corrected chi connectivity index (χ1v) is 6.62. The second-order valence-electron chi connectivity index (χ2n) is 4.11. The van der Waals surface area contributed by atoms with E-state index in [1.807, 2.05) is 23.7 Å². The smallest absolute Gasteiger partial charge is 0.211 e. The van der Waals surface area contributed by atoms with Crippen molar-refractivity contribution in [2.45, 2.75) is 0 Å². The highest BCUT2D eigenvalue weighted by Gasteiger charge is 2.02. The molecule has 1 aromatic heterocycles. The van der Waals surface area contributed by atoms with Crippen LogP contribution in [0.25, 0.3) is 10.2 Å². The second kappa shape index (κ2) is 4.78. The van der Waals surface area contributed by atoms with Gasteiger partial charge in [-0.15, -0.1) is 10.2 Å². The van der Waals surface area contributed by atoms with Crippen LogP contribution in [0.4, 0.5) is 0 Å². The van der Waals surface area contributed by atoms with Crippen LogP contribution in [0.5, 0.6) is 0 Å². The molecule has 1 aromatic carbocycles. The molecule has 0 fully saturated rings. The van der Waals surface area contributed by atoms with Crippen molar-refractivity contribution < 1.29 is 4.79 Å². The minimum atomic E-state index is -0.0219. The maximum atomic E-state index is 11.0. The van der Waals surface area contributed by atoms with Crippen molar-refractivity contribution in [1.82, 2.24) is 4.57 Å². The van der Waals surface area contributed by atoms with Gasteiger partial charge in [0.1, 0.15) is 0 Å². The Labute approximate surface area is 113 Å². The van der Waals surface area contributed by atoms with Crippen molar-refractivity contribution in [3.05, 3.63) is 53.4 Å². The summed E-state index contributed by atoms with van der Waals surface area (Å²) in [5.41, 5.74) is 1.81. The Morgan fingerprint density at radius 1 is 1.05 bits per heavy atom. The molecular formula is C14H11N3OS. The van der Waals surface area contributed by atoms with Gasteiger partial charge in [-0.1, -0.05) is 23.5 Å². The largest absolute Gasteiger partial charge is 0.318 e. The van der Waals surface area contributed by atoms with Gasteiger partial charge in [0, 0.05) is 7.05 Å². The Hall–Kier alpha value is -2.27. The summed E-state index contributed by atoms with van der Waals surface area (Å²) in [6.45, 7) is 0.